The Kier molecular flexibility index (Phi) is 6.80. The molecule has 9 nitrogen and oxygen atoms in total. The molecule has 2 aliphatic rings. The molecular weight excluding hydrogens is 352 g/mol. The maximum atomic E-state index is 13.2. The number of likely N-dealkylation sites (tertiary alicyclic amines) is 1. The molecule has 1 saturated carbocycles. The zero-order valence-corrected chi connectivity index (χ0v) is 16.0. The Morgan fingerprint density at radius 2 is 1.96 bits per heavy atom. The fourth-order valence-electron chi connectivity index (χ4n) is 4.43. The van der Waals surface area contributed by atoms with E-state index in [1.165, 1.54) is 4.90 Å². The van der Waals surface area contributed by atoms with Crippen molar-refractivity contribution in [2.75, 3.05) is 13.1 Å². The SMILES string of the molecule is CC1(C)CCN(C(=O)C(CC2CCCC2)CN(O)C=O)[C@@H]1C(=O)NC(N)=O. The number of hydrogen-bond donors (Lipinski definition) is 3. The third kappa shape index (κ3) is 5.18. The van der Waals surface area contributed by atoms with Crippen molar-refractivity contribution >= 4 is 24.3 Å². The minimum absolute atomic E-state index is 0.111. The number of nitrogens with one attached hydrogen (secondary N) is 1. The van der Waals surface area contributed by atoms with E-state index in [1.807, 2.05) is 13.8 Å². The van der Waals surface area contributed by atoms with Gasteiger partial charge in [0, 0.05) is 6.54 Å². The molecule has 2 atom stereocenters. The van der Waals surface area contributed by atoms with Crippen LogP contribution in [0.3, 0.4) is 0 Å². The normalized spacial score (nSPS) is 23.1. The minimum atomic E-state index is -0.958. The van der Waals surface area contributed by atoms with Crippen LogP contribution < -0.4 is 11.1 Å². The molecule has 1 aliphatic heterocycles. The predicted molar refractivity (Wildman–Crippen MR) is 96.2 cm³/mol. The number of primary amides is 1. The van der Waals surface area contributed by atoms with Gasteiger partial charge in [-0.1, -0.05) is 39.5 Å². The summed E-state index contributed by atoms with van der Waals surface area (Å²) in [5, 5.41) is 12.2. The first-order valence-corrected chi connectivity index (χ1v) is 9.47. The number of hydrogen-bond acceptors (Lipinski definition) is 5. The van der Waals surface area contributed by atoms with E-state index in [1.54, 1.807) is 0 Å². The number of carbonyl (C=O) groups is 4. The van der Waals surface area contributed by atoms with Gasteiger partial charge in [0.1, 0.15) is 6.04 Å². The summed E-state index contributed by atoms with van der Waals surface area (Å²) in [6.07, 6.45) is 5.71. The van der Waals surface area contributed by atoms with Gasteiger partial charge in [0.2, 0.25) is 12.3 Å². The summed E-state index contributed by atoms with van der Waals surface area (Å²) in [5.41, 5.74) is 4.55. The first kappa shape index (κ1) is 21.1. The van der Waals surface area contributed by atoms with Crippen LogP contribution in [-0.4, -0.2) is 58.6 Å². The van der Waals surface area contributed by atoms with Crippen molar-refractivity contribution in [3.8, 4) is 0 Å². The molecule has 0 radical (unpaired) electrons. The molecule has 4 N–H and O–H groups in total. The van der Waals surface area contributed by atoms with Gasteiger partial charge in [-0.3, -0.25) is 24.9 Å². The van der Waals surface area contributed by atoms with E-state index in [2.05, 4.69) is 5.32 Å². The topological polar surface area (TPSA) is 133 Å². The number of urea groups is 1. The van der Waals surface area contributed by atoms with E-state index in [4.69, 9.17) is 5.73 Å². The molecule has 152 valence electrons. The van der Waals surface area contributed by atoms with E-state index in [9.17, 15) is 24.4 Å². The lowest BCUT2D eigenvalue weighted by Gasteiger charge is -2.34. The van der Waals surface area contributed by atoms with E-state index in [0.29, 0.717) is 30.4 Å². The zero-order valence-electron chi connectivity index (χ0n) is 16.0. The van der Waals surface area contributed by atoms with Crippen LogP contribution in [0.25, 0.3) is 0 Å². The molecule has 0 aromatic rings. The van der Waals surface area contributed by atoms with Crippen molar-refractivity contribution in [1.82, 2.24) is 15.3 Å². The van der Waals surface area contributed by atoms with Crippen molar-refractivity contribution in [3.05, 3.63) is 0 Å². The molecule has 1 unspecified atom stereocenters. The summed E-state index contributed by atoms with van der Waals surface area (Å²) in [6.45, 7) is 3.98. The molecule has 5 amide bonds. The zero-order chi connectivity index (χ0) is 20.2. The monoisotopic (exact) mass is 382 g/mol. The molecule has 1 heterocycles. The van der Waals surface area contributed by atoms with Crippen LogP contribution in [0.15, 0.2) is 0 Å². The van der Waals surface area contributed by atoms with Crippen LogP contribution in [-0.2, 0) is 14.4 Å². The Morgan fingerprint density at radius 1 is 1.33 bits per heavy atom. The Labute approximate surface area is 159 Å². The number of hydroxylamine groups is 2. The Morgan fingerprint density at radius 3 is 2.52 bits per heavy atom. The van der Waals surface area contributed by atoms with Gasteiger partial charge in [-0.15, -0.1) is 0 Å². The molecule has 0 bridgehead atoms. The summed E-state index contributed by atoms with van der Waals surface area (Å²) in [7, 11) is 0. The molecule has 0 spiro atoms. The van der Waals surface area contributed by atoms with Gasteiger partial charge < -0.3 is 10.6 Å². The predicted octanol–water partition coefficient (Wildman–Crippen LogP) is 0.853. The molecule has 0 aromatic carbocycles. The quantitative estimate of drug-likeness (QED) is 0.341. The molecule has 2 rings (SSSR count). The lowest BCUT2D eigenvalue weighted by atomic mass is 9.83. The molecule has 27 heavy (non-hydrogen) atoms. The van der Waals surface area contributed by atoms with Crippen LogP contribution in [0.4, 0.5) is 4.79 Å². The fraction of sp³-hybridized carbons (Fsp3) is 0.778. The van der Waals surface area contributed by atoms with Gasteiger partial charge in [0.05, 0.1) is 12.5 Å². The summed E-state index contributed by atoms with van der Waals surface area (Å²) >= 11 is 0. The van der Waals surface area contributed by atoms with Crippen LogP contribution in [0.5, 0.6) is 0 Å². The fourth-order valence-corrected chi connectivity index (χ4v) is 4.43. The number of rotatable bonds is 7. The highest BCUT2D eigenvalue weighted by atomic mass is 16.5. The van der Waals surface area contributed by atoms with E-state index in [-0.39, 0.29) is 18.9 Å². The van der Waals surface area contributed by atoms with Gasteiger partial charge in [0.25, 0.3) is 5.91 Å². The van der Waals surface area contributed by atoms with Crippen molar-refractivity contribution in [1.29, 1.82) is 0 Å². The number of nitrogens with two attached hydrogens (primary N) is 1. The molecular formula is C18H30N4O5. The van der Waals surface area contributed by atoms with Gasteiger partial charge in [-0.2, -0.15) is 0 Å². The van der Waals surface area contributed by atoms with Gasteiger partial charge in [-0.25, -0.2) is 9.86 Å². The summed E-state index contributed by atoms with van der Waals surface area (Å²) in [6, 6.07) is -1.79. The van der Waals surface area contributed by atoms with Gasteiger partial charge >= 0.3 is 6.03 Å². The average molecular weight is 382 g/mol. The smallest absolute Gasteiger partial charge is 0.318 e. The van der Waals surface area contributed by atoms with Crippen molar-refractivity contribution < 1.29 is 24.4 Å². The van der Waals surface area contributed by atoms with Crippen LogP contribution in [0, 0.1) is 17.3 Å². The van der Waals surface area contributed by atoms with Crippen LogP contribution in [0.1, 0.15) is 52.4 Å². The highest BCUT2D eigenvalue weighted by Gasteiger charge is 2.48. The third-order valence-corrected chi connectivity index (χ3v) is 5.80. The summed E-state index contributed by atoms with van der Waals surface area (Å²) in [5.74, 6) is -1.11. The lowest BCUT2D eigenvalue weighted by molar-refractivity contribution is -0.158. The maximum absolute atomic E-state index is 13.2. The van der Waals surface area contributed by atoms with Crippen molar-refractivity contribution in [2.45, 2.75) is 58.4 Å². The Balaban J connectivity index is 2.20. The molecule has 9 heteroatoms. The van der Waals surface area contributed by atoms with E-state index in [0.717, 1.165) is 25.7 Å². The van der Waals surface area contributed by atoms with Crippen LogP contribution >= 0.6 is 0 Å². The lowest BCUT2D eigenvalue weighted by Crippen LogP contribution is -2.55. The van der Waals surface area contributed by atoms with E-state index >= 15 is 0 Å². The van der Waals surface area contributed by atoms with Gasteiger partial charge in [0.15, 0.2) is 0 Å². The largest absolute Gasteiger partial charge is 0.351 e. The maximum Gasteiger partial charge on any atom is 0.318 e. The molecule has 2 fully saturated rings. The second-order valence-corrected chi connectivity index (χ2v) is 8.34. The highest BCUT2D eigenvalue weighted by molar-refractivity contribution is 5.99. The molecule has 1 aliphatic carbocycles. The number of nitrogens with zero attached hydrogens (tertiary/aromatic N) is 2. The second-order valence-electron chi connectivity index (χ2n) is 8.34. The summed E-state index contributed by atoms with van der Waals surface area (Å²) < 4.78 is 0. The molecule has 0 aromatic heterocycles. The van der Waals surface area contributed by atoms with Gasteiger partial charge in [-0.05, 0) is 24.2 Å². The second kappa shape index (κ2) is 8.69. The minimum Gasteiger partial charge on any atom is -0.351 e. The molecule has 1 saturated heterocycles. The first-order valence-electron chi connectivity index (χ1n) is 9.47. The number of amides is 5. The number of imide groups is 1. The van der Waals surface area contributed by atoms with E-state index < -0.39 is 29.3 Å². The van der Waals surface area contributed by atoms with Crippen molar-refractivity contribution in [2.24, 2.45) is 23.0 Å². The number of carbonyl (C=O) groups excluding carboxylic acids is 4. The third-order valence-electron chi connectivity index (χ3n) is 5.80. The standard InChI is InChI=1S/C18H30N4O5/c1-18(2)7-8-22(14(18)15(24)20-17(19)26)16(25)13(10-21(27)11-23)9-12-5-3-4-6-12/h11-14,27H,3-10H2,1-2H3,(H3,19,20,24,26)/t13?,14-/m1/s1. The van der Waals surface area contributed by atoms with Crippen LogP contribution in [0.2, 0.25) is 0 Å². The summed E-state index contributed by atoms with van der Waals surface area (Å²) in [4.78, 5) is 49.2. The Hall–Kier alpha value is -2.16. The first-order chi connectivity index (χ1) is 12.7. The van der Waals surface area contributed by atoms with Crippen molar-refractivity contribution in [3.63, 3.8) is 0 Å². The average Bonchev–Trinajstić information content (AvgIpc) is 3.19. The highest BCUT2D eigenvalue weighted by Crippen LogP contribution is 2.38. The Bertz CT molecular complexity index is 588.